The maximum absolute atomic E-state index is 6.14. The van der Waals surface area contributed by atoms with Crippen LogP contribution in [0.3, 0.4) is 0 Å². The number of fused-ring (bicyclic) bond motifs is 1. The van der Waals surface area contributed by atoms with Crippen LogP contribution >= 0.6 is 22.9 Å². The van der Waals surface area contributed by atoms with Gasteiger partial charge < -0.3 is 4.90 Å². The normalized spacial score (nSPS) is 19.4. The van der Waals surface area contributed by atoms with Gasteiger partial charge in [-0.25, -0.2) is 4.98 Å². The number of rotatable bonds is 2. The van der Waals surface area contributed by atoms with Crippen molar-refractivity contribution in [2.24, 2.45) is 0 Å². The topological polar surface area (TPSA) is 32.3 Å². The van der Waals surface area contributed by atoms with Crippen LogP contribution in [0.1, 0.15) is 25.6 Å². The number of thiophene rings is 1. The Morgan fingerprint density at radius 3 is 2.76 bits per heavy atom. The van der Waals surface area contributed by atoms with Crippen LogP contribution in [0.4, 0.5) is 5.82 Å². The van der Waals surface area contributed by atoms with Crippen molar-refractivity contribution in [3.8, 4) is 0 Å². The molecule has 3 rings (SSSR count). The van der Waals surface area contributed by atoms with Crippen molar-refractivity contribution in [1.29, 1.82) is 0 Å². The predicted molar refractivity (Wildman–Crippen MR) is 90.7 cm³/mol. The van der Waals surface area contributed by atoms with E-state index in [1.165, 1.54) is 4.88 Å². The summed E-state index contributed by atoms with van der Waals surface area (Å²) in [4.78, 5) is 16.0. The molecular formula is C15H21ClN4S. The number of likely N-dealkylation sites (N-methyl/N-ethyl adjacent to an activating group) is 1. The third-order valence-corrected chi connectivity index (χ3v) is 5.70. The minimum Gasteiger partial charge on any atom is -0.353 e. The van der Waals surface area contributed by atoms with Crippen LogP contribution in [0.15, 0.2) is 6.07 Å². The highest BCUT2D eigenvalue weighted by molar-refractivity contribution is 7.18. The Labute approximate surface area is 134 Å². The fourth-order valence-corrected chi connectivity index (χ4v) is 3.94. The summed E-state index contributed by atoms with van der Waals surface area (Å²) in [5.41, 5.74) is 0.131. The van der Waals surface area contributed by atoms with Crippen molar-refractivity contribution < 1.29 is 0 Å². The molecule has 1 saturated heterocycles. The molecule has 21 heavy (non-hydrogen) atoms. The number of aromatic nitrogens is 2. The monoisotopic (exact) mass is 324 g/mol. The van der Waals surface area contributed by atoms with Gasteiger partial charge in [0.05, 0.1) is 5.39 Å². The van der Waals surface area contributed by atoms with Crippen molar-refractivity contribution >= 4 is 39.0 Å². The molecule has 0 unspecified atom stereocenters. The van der Waals surface area contributed by atoms with Crippen LogP contribution < -0.4 is 4.90 Å². The van der Waals surface area contributed by atoms with Gasteiger partial charge >= 0.3 is 0 Å². The van der Waals surface area contributed by atoms with Crippen LogP contribution in [0.25, 0.3) is 10.2 Å². The first-order valence-electron chi connectivity index (χ1n) is 7.33. The standard InChI is InChI=1S/C15H21ClN4S/c1-5-10-8-11-12(17-14(16)18-13(11)21-10)20-7-6-19(4)15(2,3)9-20/h8H,5-7,9H2,1-4H3. The molecule has 6 heteroatoms. The lowest BCUT2D eigenvalue weighted by Crippen LogP contribution is -2.57. The summed E-state index contributed by atoms with van der Waals surface area (Å²) in [5, 5.41) is 1.49. The Morgan fingerprint density at radius 1 is 1.33 bits per heavy atom. The van der Waals surface area contributed by atoms with E-state index in [0.29, 0.717) is 5.28 Å². The van der Waals surface area contributed by atoms with E-state index < -0.39 is 0 Å². The lowest BCUT2D eigenvalue weighted by molar-refractivity contribution is 0.138. The zero-order valence-electron chi connectivity index (χ0n) is 13.0. The van der Waals surface area contributed by atoms with Gasteiger partial charge in [-0.1, -0.05) is 6.92 Å². The van der Waals surface area contributed by atoms with Crippen molar-refractivity contribution in [3.05, 3.63) is 16.2 Å². The summed E-state index contributed by atoms with van der Waals surface area (Å²) in [5.74, 6) is 0.988. The van der Waals surface area contributed by atoms with Gasteiger partial charge in [0.1, 0.15) is 10.6 Å². The second kappa shape index (κ2) is 5.38. The molecule has 0 spiro atoms. The summed E-state index contributed by atoms with van der Waals surface area (Å²) in [6.07, 6.45) is 1.02. The molecule has 4 nitrogen and oxygen atoms in total. The zero-order valence-corrected chi connectivity index (χ0v) is 14.6. The molecule has 0 bridgehead atoms. The first kappa shape index (κ1) is 15.0. The lowest BCUT2D eigenvalue weighted by Gasteiger charge is -2.45. The molecule has 1 aliphatic rings. The lowest BCUT2D eigenvalue weighted by atomic mass is 9.99. The Kier molecular flexibility index (Phi) is 3.84. The number of hydrogen-bond donors (Lipinski definition) is 0. The van der Waals surface area contributed by atoms with Gasteiger partial charge in [-0.2, -0.15) is 4.98 Å². The van der Waals surface area contributed by atoms with E-state index in [1.807, 2.05) is 0 Å². The van der Waals surface area contributed by atoms with Gasteiger partial charge in [0, 0.05) is 30.1 Å². The van der Waals surface area contributed by atoms with Crippen molar-refractivity contribution in [3.63, 3.8) is 0 Å². The highest BCUT2D eigenvalue weighted by Gasteiger charge is 2.32. The summed E-state index contributed by atoms with van der Waals surface area (Å²) in [6, 6.07) is 2.22. The fraction of sp³-hybridized carbons (Fsp3) is 0.600. The first-order chi connectivity index (χ1) is 9.90. The SMILES string of the molecule is CCc1cc2c(N3CCN(C)C(C)(C)C3)nc(Cl)nc2s1. The van der Waals surface area contributed by atoms with Crippen LogP contribution in [0.5, 0.6) is 0 Å². The minimum atomic E-state index is 0.131. The van der Waals surface area contributed by atoms with E-state index in [9.17, 15) is 0 Å². The maximum Gasteiger partial charge on any atom is 0.225 e. The summed E-state index contributed by atoms with van der Waals surface area (Å²) in [7, 11) is 2.18. The number of halogens is 1. The molecule has 1 aliphatic heterocycles. The number of nitrogens with zero attached hydrogens (tertiary/aromatic N) is 4. The molecule has 0 aliphatic carbocycles. The molecular weight excluding hydrogens is 304 g/mol. The highest BCUT2D eigenvalue weighted by Crippen LogP contribution is 2.34. The van der Waals surface area contributed by atoms with Crippen LogP contribution in [-0.2, 0) is 6.42 Å². The van der Waals surface area contributed by atoms with E-state index in [4.69, 9.17) is 11.6 Å². The largest absolute Gasteiger partial charge is 0.353 e. The van der Waals surface area contributed by atoms with Crippen LogP contribution in [-0.4, -0.2) is 47.1 Å². The van der Waals surface area contributed by atoms with E-state index in [0.717, 1.165) is 42.1 Å². The van der Waals surface area contributed by atoms with Crippen molar-refractivity contribution in [2.75, 3.05) is 31.6 Å². The molecule has 0 radical (unpaired) electrons. The molecule has 0 N–H and O–H groups in total. The number of aryl methyl sites for hydroxylation is 1. The van der Waals surface area contributed by atoms with Gasteiger partial charge in [-0.15, -0.1) is 11.3 Å². The quantitative estimate of drug-likeness (QED) is 0.792. The highest BCUT2D eigenvalue weighted by atomic mass is 35.5. The molecule has 114 valence electrons. The molecule has 3 heterocycles. The third kappa shape index (κ3) is 2.74. The van der Waals surface area contributed by atoms with E-state index in [2.05, 4.69) is 53.7 Å². The average Bonchev–Trinajstić information content (AvgIpc) is 2.83. The van der Waals surface area contributed by atoms with E-state index in [-0.39, 0.29) is 5.54 Å². The van der Waals surface area contributed by atoms with Gasteiger partial charge in [0.25, 0.3) is 0 Å². The molecule has 0 atom stereocenters. The summed E-state index contributed by atoms with van der Waals surface area (Å²) < 4.78 is 0. The average molecular weight is 325 g/mol. The Morgan fingerprint density at radius 2 is 2.10 bits per heavy atom. The van der Waals surface area contributed by atoms with Crippen LogP contribution in [0, 0.1) is 0 Å². The Hall–Kier alpha value is -0.910. The molecule has 1 fully saturated rings. The first-order valence-corrected chi connectivity index (χ1v) is 8.52. The zero-order chi connectivity index (χ0) is 15.2. The molecule has 0 amide bonds. The Balaban J connectivity index is 2.05. The molecule has 2 aromatic rings. The van der Waals surface area contributed by atoms with Crippen LogP contribution in [0.2, 0.25) is 5.28 Å². The predicted octanol–water partition coefficient (Wildman–Crippen LogP) is 3.44. The molecule has 0 saturated carbocycles. The number of piperazine rings is 1. The third-order valence-electron chi connectivity index (χ3n) is 4.36. The summed E-state index contributed by atoms with van der Waals surface area (Å²) >= 11 is 7.86. The fourth-order valence-electron chi connectivity index (χ4n) is 2.77. The minimum absolute atomic E-state index is 0.131. The van der Waals surface area contributed by atoms with E-state index in [1.54, 1.807) is 11.3 Å². The van der Waals surface area contributed by atoms with Gasteiger partial charge in [0.2, 0.25) is 5.28 Å². The maximum atomic E-state index is 6.14. The number of hydrogen-bond acceptors (Lipinski definition) is 5. The van der Waals surface area contributed by atoms with Gasteiger partial charge in [-0.3, -0.25) is 4.90 Å². The smallest absolute Gasteiger partial charge is 0.225 e. The van der Waals surface area contributed by atoms with E-state index >= 15 is 0 Å². The number of anilines is 1. The summed E-state index contributed by atoms with van der Waals surface area (Å²) in [6.45, 7) is 9.65. The van der Waals surface area contributed by atoms with Gasteiger partial charge in [0.15, 0.2) is 0 Å². The van der Waals surface area contributed by atoms with Crippen molar-refractivity contribution in [1.82, 2.24) is 14.9 Å². The van der Waals surface area contributed by atoms with Crippen molar-refractivity contribution in [2.45, 2.75) is 32.7 Å². The molecule has 0 aromatic carbocycles. The Bertz CT molecular complexity index is 667. The second-order valence-corrected chi connectivity index (χ2v) is 7.71. The van der Waals surface area contributed by atoms with Gasteiger partial charge in [-0.05, 0) is 45.0 Å². The molecule has 2 aromatic heterocycles. The second-order valence-electron chi connectivity index (χ2n) is 6.26.